The van der Waals surface area contributed by atoms with E-state index in [1.54, 1.807) is 12.1 Å². The molecule has 1 aromatic rings. The van der Waals surface area contributed by atoms with Crippen LogP contribution >= 0.6 is 0 Å². The second-order valence-corrected chi connectivity index (χ2v) is 3.68. The van der Waals surface area contributed by atoms with E-state index < -0.39 is 10.1 Å². The molecule has 0 spiro atoms. The van der Waals surface area contributed by atoms with Crippen molar-refractivity contribution in [2.24, 2.45) is 5.73 Å². The molecule has 0 bridgehead atoms. The molecule has 4 nitrogen and oxygen atoms in total. The first kappa shape index (κ1) is 12.7. The first-order valence-electron chi connectivity index (χ1n) is 3.31. The Kier molecular flexibility index (Phi) is 4.71. The van der Waals surface area contributed by atoms with Gasteiger partial charge in [-0.15, -0.1) is 0 Å². The van der Waals surface area contributed by atoms with Crippen molar-refractivity contribution in [1.29, 1.82) is 0 Å². The largest absolute Gasteiger partial charge is 0.326 e. The fraction of sp³-hybridized carbons (Fsp3) is 0.143. The second-order valence-electron chi connectivity index (χ2n) is 2.29. The third kappa shape index (κ3) is 3.16. The molecule has 1 aromatic carbocycles. The molecule has 0 unspecified atom stereocenters. The number of hydrogen-bond donors (Lipinski definition) is 2. The molecule has 0 aliphatic rings. The monoisotopic (exact) mass is 290 g/mol. The summed E-state index contributed by atoms with van der Waals surface area (Å²) in [6.07, 6.45) is 0. The Morgan fingerprint density at radius 3 is 2.23 bits per heavy atom. The van der Waals surface area contributed by atoms with E-state index in [4.69, 9.17) is 10.3 Å². The van der Waals surface area contributed by atoms with Gasteiger partial charge in [0.05, 0.1) is 4.90 Å². The third-order valence-electron chi connectivity index (χ3n) is 1.47. The number of rotatable bonds is 2. The Hall–Kier alpha value is -0.287. The fourth-order valence-corrected chi connectivity index (χ4v) is 1.66. The van der Waals surface area contributed by atoms with E-state index in [0.717, 1.165) is 0 Å². The zero-order chi connectivity index (χ0) is 9.19. The van der Waals surface area contributed by atoms with Gasteiger partial charge in [-0.1, -0.05) is 18.2 Å². The summed E-state index contributed by atoms with van der Waals surface area (Å²) in [5.41, 5.74) is 5.69. The Morgan fingerprint density at radius 1 is 1.31 bits per heavy atom. The van der Waals surface area contributed by atoms with Crippen molar-refractivity contribution < 1.29 is 32.4 Å². The summed E-state index contributed by atoms with van der Waals surface area (Å²) in [5, 5.41) is 0. The predicted octanol–water partition coefficient (Wildman–Crippen LogP) is 0.389. The molecule has 0 saturated carbocycles. The molecule has 0 aliphatic carbocycles. The van der Waals surface area contributed by atoms with Crippen LogP contribution < -0.4 is 5.73 Å². The van der Waals surface area contributed by atoms with E-state index in [0.29, 0.717) is 5.56 Å². The first-order chi connectivity index (χ1) is 5.55. The molecule has 0 aliphatic heterocycles. The van der Waals surface area contributed by atoms with Crippen LogP contribution in [0.3, 0.4) is 0 Å². The van der Waals surface area contributed by atoms with Gasteiger partial charge in [-0.25, -0.2) is 0 Å². The summed E-state index contributed by atoms with van der Waals surface area (Å²) in [6, 6.07) is 6.07. The Morgan fingerprint density at radius 2 is 1.85 bits per heavy atom. The van der Waals surface area contributed by atoms with Crippen molar-refractivity contribution in [3.8, 4) is 0 Å². The molecule has 0 amide bonds. The molecular formula is C7H9NO3RhS. The summed E-state index contributed by atoms with van der Waals surface area (Å²) in [7, 11) is -4.13. The smallest absolute Gasteiger partial charge is 0.294 e. The van der Waals surface area contributed by atoms with Gasteiger partial charge in [-0.2, -0.15) is 8.42 Å². The van der Waals surface area contributed by atoms with Gasteiger partial charge in [0.1, 0.15) is 0 Å². The van der Waals surface area contributed by atoms with Crippen molar-refractivity contribution in [2.45, 2.75) is 11.4 Å². The van der Waals surface area contributed by atoms with Gasteiger partial charge < -0.3 is 5.73 Å². The normalized spacial score (nSPS) is 10.6. The van der Waals surface area contributed by atoms with Gasteiger partial charge in [0.25, 0.3) is 10.1 Å². The predicted molar refractivity (Wildman–Crippen MR) is 44.1 cm³/mol. The van der Waals surface area contributed by atoms with Crippen LogP contribution in [0.1, 0.15) is 5.56 Å². The SMILES string of the molecule is NCc1ccccc1S(=O)(=O)O.[Rh]. The van der Waals surface area contributed by atoms with Crippen LogP contribution in [-0.2, 0) is 36.1 Å². The van der Waals surface area contributed by atoms with Gasteiger partial charge in [0.15, 0.2) is 0 Å². The first-order valence-corrected chi connectivity index (χ1v) is 4.75. The maximum absolute atomic E-state index is 10.7. The molecule has 3 N–H and O–H groups in total. The van der Waals surface area contributed by atoms with Crippen LogP contribution in [0.2, 0.25) is 0 Å². The van der Waals surface area contributed by atoms with Gasteiger partial charge in [-0.3, -0.25) is 4.55 Å². The summed E-state index contributed by atoms with van der Waals surface area (Å²) in [6.45, 7) is 0.0932. The molecule has 1 rings (SSSR count). The van der Waals surface area contributed by atoms with Crippen molar-refractivity contribution in [1.82, 2.24) is 0 Å². The standard InChI is InChI=1S/C7H9NO3S.Rh/c8-5-6-3-1-2-4-7(6)12(9,10)11;/h1-4H,5,8H2,(H,9,10,11);. The van der Waals surface area contributed by atoms with Crippen LogP contribution in [0.4, 0.5) is 0 Å². The molecule has 0 heterocycles. The Balaban J connectivity index is 0.00000144. The summed E-state index contributed by atoms with van der Waals surface area (Å²) >= 11 is 0. The fourth-order valence-electron chi connectivity index (χ4n) is 0.924. The number of nitrogens with two attached hydrogens (primary N) is 1. The van der Waals surface area contributed by atoms with Crippen LogP contribution in [0.15, 0.2) is 29.2 Å². The van der Waals surface area contributed by atoms with Crippen LogP contribution in [0.25, 0.3) is 0 Å². The van der Waals surface area contributed by atoms with Gasteiger partial charge in [0, 0.05) is 26.0 Å². The minimum Gasteiger partial charge on any atom is -0.326 e. The molecule has 1 radical (unpaired) electrons. The number of hydrogen-bond acceptors (Lipinski definition) is 3. The van der Waals surface area contributed by atoms with Gasteiger partial charge in [-0.05, 0) is 11.6 Å². The maximum atomic E-state index is 10.7. The third-order valence-corrected chi connectivity index (χ3v) is 2.42. The molecule has 0 aromatic heterocycles. The quantitative estimate of drug-likeness (QED) is 0.610. The van der Waals surface area contributed by atoms with E-state index in [2.05, 4.69) is 0 Å². The summed E-state index contributed by atoms with van der Waals surface area (Å²) < 4.78 is 30.1. The van der Waals surface area contributed by atoms with Gasteiger partial charge in [0.2, 0.25) is 0 Å². The summed E-state index contributed by atoms with van der Waals surface area (Å²) in [5.74, 6) is 0. The number of benzene rings is 1. The molecular weight excluding hydrogens is 281 g/mol. The topological polar surface area (TPSA) is 80.4 Å². The molecule has 0 fully saturated rings. The minimum atomic E-state index is -4.13. The summed E-state index contributed by atoms with van der Waals surface area (Å²) in [4.78, 5) is -0.118. The second kappa shape index (κ2) is 4.81. The molecule has 13 heavy (non-hydrogen) atoms. The average molecular weight is 290 g/mol. The van der Waals surface area contributed by atoms with Crippen molar-refractivity contribution >= 4 is 10.1 Å². The van der Waals surface area contributed by atoms with E-state index in [1.807, 2.05) is 0 Å². The van der Waals surface area contributed by atoms with E-state index in [-0.39, 0.29) is 30.9 Å². The van der Waals surface area contributed by atoms with Crippen molar-refractivity contribution in [2.75, 3.05) is 0 Å². The van der Waals surface area contributed by atoms with E-state index in [1.165, 1.54) is 12.1 Å². The molecule has 0 saturated heterocycles. The maximum Gasteiger partial charge on any atom is 0.294 e. The minimum absolute atomic E-state index is 0. The molecule has 0 atom stereocenters. The van der Waals surface area contributed by atoms with Gasteiger partial charge >= 0.3 is 0 Å². The van der Waals surface area contributed by atoms with Crippen molar-refractivity contribution in [3.05, 3.63) is 29.8 Å². The van der Waals surface area contributed by atoms with E-state index >= 15 is 0 Å². The van der Waals surface area contributed by atoms with E-state index in [9.17, 15) is 8.42 Å². The van der Waals surface area contributed by atoms with Crippen LogP contribution in [-0.4, -0.2) is 13.0 Å². The zero-order valence-electron chi connectivity index (χ0n) is 6.60. The Labute approximate surface area is 89.6 Å². The zero-order valence-corrected chi connectivity index (χ0v) is 9.05. The van der Waals surface area contributed by atoms with Crippen molar-refractivity contribution in [3.63, 3.8) is 0 Å². The average Bonchev–Trinajstić information content (AvgIpc) is 2.03. The van der Waals surface area contributed by atoms with Crippen LogP contribution in [0, 0.1) is 0 Å². The van der Waals surface area contributed by atoms with Crippen LogP contribution in [0.5, 0.6) is 0 Å². The molecule has 75 valence electrons. The Bertz CT molecular complexity index is 377. The molecule has 6 heteroatoms.